The van der Waals surface area contributed by atoms with Gasteiger partial charge in [0.15, 0.2) is 5.13 Å². The Balaban J connectivity index is 2.61. The molecule has 0 saturated heterocycles. The summed E-state index contributed by atoms with van der Waals surface area (Å²) in [5, 5.41) is 14.2. The van der Waals surface area contributed by atoms with E-state index in [2.05, 4.69) is 15.6 Å². The third kappa shape index (κ3) is 3.69. The second-order valence-electron chi connectivity index (χ2n) is 3.77. The summed E-state index contributed by atoms with van der Waals surface area (Å²) in [6.45, 7) is 5.62. The number of hydrogen-bond acceptors (Lipinski definition) is 4. The van der Waals surface area contributed by atoms with Gasteiger partial charge in [-0.15, -0.1) is 11.3 Å². The van der Waals surface area contributed by atoms with Gasteiger partial charge < -0.3 is 10.4 Å². The molecule has 0 bridgehead atoms. The van der Waals surface area contributed by atoms with Crippen molar-refractivity contribution in [1.82, 2.24) is 10.3 Å². The Kier molecular flexibility index (Phi) is 5.08. The van der Waals surface area contributed by atoms with Gasteiger partial charge in [0.05, 0.1) is 5.69 Å². The number of carbonyl (C=O) groups is 2. The van der Waals surface area contributed by atoms with Crippen LogP contribution in [0.25, 0.3) is 0 Å². The molecule has 7 heteroatoms. The summed E-state index contributed by atoms with van der Waals surface area (Å²) in [7, 11) is 0. The zero-order valence-electron chi connectivity index (χ0n) is 10.6. The second-order valence-corrected chi connectivity index (χ2v) is 4.98. The molecule has 18 heavy (non-hydrogen) atoms. The van der Waals surface area contributed by atoms with Gasteiger partial charge in [-0.1, -0.05) is 13.8 Å². The summed E-state index contributed by atoms with van der Waals surface area (Å²) in [4.78, 5) is 27.6. The van der Waals surface area contributed by atoms with E-state index in [9.17, 15) is 9.59 Å². The smallest absolute Gasteiger partial charge is 0.326 e. The van der Waals surface area contributed by atoms with Gasteiger partial charge >= 0.3 is 12.0 Å². The number of urea groups is 1. The van der Waals surface area contributed by atoms with E-state index in [-0.39, 0.29) is 0 Å². The van der Waals surface area contributed by atoms with Crippen molar-refractivity contribution in [2.75, 3.05) is 5.32 Å². The fourth-order valence-corrected chi connectivity index (χ4v) is 2.34. The van der Waals surface area contributed by atoms with Gasteiger partial charge in [0, 0.05) is 4.88 Å². The maximum absolute atomic E-state index is 11.6. The van der Waals surface area contributed by atoms with Gasteiger partial charge in [-0.3, -0.25) is 5.32 Å². The first kappa shape index (κ1) is 14.4. The average molecular weight is 271 g/mol. The number of amides is 2. The van der Waals surface area contributed by atoms with Crippen molar-refractivity contribution in [2.45, 2.75) is 39.7 Å². The van der Waals surface area contributed by atoms with E-state index in [1.54, 1.807) is 6.92 Å². The Labute approximate surface area is 109 Å². The molecule has 0 fully saturated rings. The predicted molar refractivity (Wildman–Crippen MR) is 70.1 cm³/mol. The number of nitrogens with one attached hydrogen (secondary N) is 2. The summed E-state index contributed by atoms with van der Waals surface area (Å²) in [5.74, 6) is -1.04. The number of aromatic nitrogens is 1. The van der Waals surface area contributed by atoms with Crippen molar-refractivity contribution in [2.24, 2.45) is 0 Å². The summed E-state index contributed by atoms with van der Waals surface area (Å²) < 4.78 is 0. The number of anilines is 1. The first-order valence-electron chi connectivity index (χ1n) is 5.74. The van der Waals surface area contributed by atoms with E-state index in [1.807, 2.05) is 13.8 Å². The van der Waals surface area contributed by atoms with E-state index in [1.165, 1.54) is 11.3 Å². The Morgan fingerprint density at radius 3 is 2.56 bits per heavy atom. The molecule has 1 unspecified atom stereocenters. The van der Waals surface area contributed by atoms with Gasteiger partial charge in [-0.25, -0.2) is 14.6 Å². The van der Waals surface area contributed by atoms with Crippen LogP contribution in [0.2, 0.25) is 0 Å². The topological polar surface area (TPSA) is 91.3 Å². The Morgan fingerprint density at radius 1 is 1.44 bits per heavy atom. The molecule has 100 valence electrons. The highest BCUT2D eigenvalue weighted by Gasteiger charge is 2.18. The zero-order valence-corrected chi connectivity index (χ0v) is 11.4. The van der Waals surface area contributed by atoms with Crippen LogP contribution in [0.1, 0.15) is 30.8 Å². The van der Waals surface area contributed by atoms with Crippen LogP contribution >= 0.6 is 11.3 Å². The number of aliphatic carboxylic acids is 1. The van der Waals surface area contributed by atoms with Crippen LogP contribution in [0, 0.1) is 6.92 Å². The van der Waals surface area contributed by atoms with Crippen LogP contribution in [0.5, 0.6) is 0 Å². The first-order valence-corrected chi connectivity index (χ1v) is 6.56. The Hall–Kier alpha value is -1.63. The number of carboxylic acids is 1. The monoisotopic (exact) mass is 271 g/mol. The number of carbonyl (C=O) groups excluding carboxylic acids is 1. The van der Waals surface area contributed by atoms with Crippen LogP contribution in [-0.2, 0) is 11.2 Å². The van der Waals surface area contributed by atoms with Crippen molar-refractivity contribution in [1.29, 1.82) is 0 Å². The van der Waals surface area contributed by atoms with Gasteiger partial charge in [0.25, 0.3) is 0 Å². The maximum Gasteiger partial charge on any atom is 0.326 e. The van der Waals surface area contributed by atoms with Gasteiger partial charge in [-0.05, 0) is 19.8 Å². The Bertz CT molecular complexity index is 445. The largest absolute Gasteiger partial charge is 0.480 e. The van der Waals surface area contributed by atoms with Crippen LogP contribution in [0.3, 0.4) is 0 Å². The van der Waals surface area contributed by atoms with Gasteiger partial charge in [0.2, 0.25) is 0 Å². The van der Waals surface area contributed by atoms with Crippen LogP contribution < -0.4 is 10.6 Å². The van der Waals surface area contributed by atoms with E-state index in [0.29, 0.717) is 11.6 Å². The molecule has 0 aromatic carbocycles. The third-order valence-electron chi connectivity index (χ3n) is 2.46. The maximum atomic E-state index is 11.6. The molecule has 1 aromatic heterocycles. The second kappa shape index (κ2) is 6.34. The lowest BCUT2D eigenvalue weighted by Gasteiger charge is -2.11. The van der Waals surface area contributed by atoms with Crippen molar-refractivity contribution in [3.63, 3.8) is 0 Å². The number of hydrogen-bond donors (Lipinski definition) is 3. The van der Waals surface area contributed by atoms with Crippen molar-refractivity contribution in [3.05, 3.63) is 10.6 Å². The predicted octanol–water partition coefficient (Wildman–Crippen LogP) is 2.00. The van der Waals surface area contributed by atoms with E-state index in [0.717, 1.165) is 17.0 Å². The lowest BCUT2D eigenvalue weighted by atomic mass is 10.2. The van der Waals surface area contributed by atoms with E-state index < -0.39 is 18.0 Å². The number of rotatable bonds is 5. The highest BCUT2D eigenvalue weighted by Crippen LogP contribution is 2.22. The standard InChI is InChI=1S/C11H17N3O3S/c1-4-7-6(3)18-11(13-7)14-10(17)12-8(5-2)9(15)16/h8H,4-5H2,1-3H3,(H,15,16)(H2,12,13,14,17). The van der Waals surface area contributed by atoms with Crippen molar-refractivity contribution in [3.8, 4) is 0 Å². The molecule has 0 spiro atoms. The zero-order chi connectivity index (χ0) is 13.7. The Morgan fingerprint density at radius 2 is 2.11 bits per heavy atom. The summed E-state index contributed by atoms with van der Waals surface area (Å²) in [5.41, 5.74) is 0.945. The van der Waals surface area contributed by atoms with Crippen molar-refractivity contribution < 1.29 is 14.7 Å². The molecule has 0 radical (unpaired) electrons. The fraction of sp³-hybridized carbons (Fsp3) is 0.545. The van der Waals surface area contributed by atoms with Crippen molar-refractivity contribution >= 4 is 28.5 Å². The molecular weight excluding hydrogens is 254 g/mol. The molecule has 0 aliphatic rings. The molecule has 2 amide bonds. The number of thiazole rings is 1. The van der Waals surface area contributed by atoms with Crippen LogP contribution in [0.15, 0.2) is 0 Å². The van der Waals surface area contributed by atoms with Crippen LogP contribution in [0.4, 0.5) is 9.93 Å². The quantitative estimate of drug-likeness (QED) is 0.763. The third-order valence-corrected chi connectivity index (χ3v) is 3.39. The average Bonchev–Trinajstić information content (AvgIpc) is 2.65. The number of aryl methyl sites for hydroxylation is 2. The lowest BCUT2D eigenvalue weighted by Crippen LogP contribution is -2.42. The number of nitrogens with zero attached hydrogens (tertiary/aromatic N) is 1. The molecule has 1 aromatic rings. The molecule has 0 saturated carbocycles. The van der Waals surface area contributed by atoms with Crippen LogP contribution in [-0.4, -0.2) is 28.1 Å². The minimum absolute atomic E-state index is 0.333. The highest BCUT2D eigenvalue weighted by atomic mass is 32.1. The van der Waals surface area contributed by atoms with E-state index >= 15 is 0 Å². The lowest BCUT2D eigenvalue weighted by molar-refractivity contribution is -0.139. The normalized spacial score (nSPS) is 11.9. The number of carboxylic acid groups (broad SMARTS) is 1. The molecule has 0 aliphatic heterocycles. The first-order chi connectivity index (χ1) is 8.47. The van der Waals surface area contributed by atoms with E-state index in [4.69, 9.17) is 5.11 Å². The SMILES string of the molecule is CCc1nc(NC(=O)NC(CC)C(=O)O)sc1C. The molecular formula is C11H17N3O3S. The highest BCUT2D eigenvalue weighted by molar-refractivity contribution is 7.15. The molecule has 1 heterocycles. The minimum atomic E-state index is -1.04. The molecule has 1 atom stereocenters. The molecule has 1 rings (SSSR count). The van der Waals surface area contributed by atoms with Gasteiger partial charge in [-0.2, -0.15) is 0 Å². The minimum Gasteiger partial charge on any atom is -0.480 e. The molecule has 3 N–H and O–H groups in total. The summed E-state index contributed by atoms with van der Waals surface area (Å²) in [6.07, 6.45) is 1.14. The fourth-order valence-electron chi connectivity index (χ4n) is 1.44. The van der Waals surface area contributed by atoms with Gasteiger partial charge in [0.1, 0.15) is 6.04 Å². The molecule has 6 nitrogen and oxygen atoms in total. The summed E-state index contributed by atoms with van der Waals surface area (Å²) in [6, 6.07) is -1.42. The summed E-state index contributed by atoms with van der Waals surface area (Å²) >= 11 is 1.38. The molecule has 0 aliphatic carbocycles.